The van der Waals surface area contributed by atoms with Crippen LogP contribution in [-0.4, -0.2) is 62.4 Å². The Morgan fingerprint density at radius 1 is 1.29 bits per heavy atom. The van der Waals surface area contributed by atoms with Gasteiger partial charge in [0.1, 0.15) is 0 Å². The van der Waals surface area contributed by atoms with E-state index in [4.69, 9.17) is 0 Å². The second kappa shape index (κ2) is 7.50. The van der Waals surface area contributed by atoms with Gasteiger partial charge in [-0.05, 0) is 19.4 Å². The van der Waals surface area contributed by atoms with Crippen molar-refractivity contribution < 1.29 is 9.59 Å². The van der Waals surface area contributed by atoms with Gasteiger partial charge in [0, 0.05) is 27.7 Å². The number of likely N-dealkylation sites (N-methyl/N-ethyl adjacent to an activating group) is 2. The molecule has 1 heterocycles. The Morgan fingerprint density at radius 2 is 1.94 bits per heavy atom. The van der Waals surface area contributed by atoms with E-state index in [0.717, 1.165) is 25.9 Å². The average Bonchev–Trinajstić information content (AvgIpc) is 2.28. The number of halogens is 1. The zero-order valence-corrected chi connectivity index (χ0v) is 11.5. The summed E-state index contributed by atoms with van der Waals surface area (Å²) >= 11 is 0. The first-order chi connectivity index (χ1) is 7.52. The maximum absolute atomic E-state index is 12.0. The highest BCUT2D eigenvalue weighted by Gasteiger charge is 2.25. The highest BCUT2D eigenvalue weighted by Crippen LogP contribution is 2.12. The molecule has 0 saturated carbocycles. The Balaban J connectivity index is 0.00000256. The predicted molar refractivity (Wildman–Crippen MR) is 69.2 cm³/mol. The molecule has 0 bridgehead atoms. The van der Waals surface area contributed by atoms with Crippen molar-refractivity contribution in [2.45, 2.75) is 12.8 Å². The number of nitrogens with one attached hydrogen (secondary N) is 1. The lowest BCUT2D eigenvalue weighted by molar-refractivity contribution is -0.140. The lowest BCUT2D eigenvalue weighted by Gasteiger charge is -2.27. The summed E-state index contributed by atoms with van der Waals surface area (Å²) in [5, 5.41) is 3.20. The van der Waals surface area contributed by atoms with Crippen molar-refractivity contribution in [1.29, 1.82) is 0 Å². The van der Waals surface area contributed by atoms with Crippen LogP contribution in [0, 0.1) is 5.92 Å². The van der Waals surface area contributed by atoms with E-state index in [2.05, 4.69) is 5.32 Å². The Kier molecular flexibility index (Phi) is 7.15. The van der Waals surface area contributed by atoms with E-state index in [0.29, 0.717) is 0 Å². The number of carbonyl (C=O) groups excluding carboxylic acids is 2. The van der Waals surface area contributed by atoms with Crippen LogP contribution in [0.25, 0.3) is 0 Å². The minimum atomic E-state index is -0.0420. The van der Waals surface area contributed by atoms with Crippen LogP contribution in [0.5, 0.6) is 0 Å². The van der Waals surface area contributed by atoms with Gasteiger partial charge in [0.15, 0.2) is 0 Å². The van der Waals surface area contributed by atoms with Gasteiger partial charge in [0.2, 0.25) is 11.8 Å². The number of amides is 2. The summed E-state index contributed by atoms with van der Waals surface area (Å²) < 4.78 is 0. The van der Waals surface area contributed by atoms with Crippen molar-refractivity contribution in [3.63, 3.8) is 0 Å². The van der Waals surface area contributed by atoms with Crippen LogP contribution >= 0.6 is 12.4 Å². The summed E-state index contributed by atoms with van der Waals surface area (Å²) in [7, 11) is 5.09. The molecule has 1 fully saturated rings. The van der Waals surface area contributed by atoms with Crippen LogP contribution in [0.1, 0.15) is 12.8 Å². The number of nitrogens with zero attached hydrogens (tertiary/aromatic N) is 2. The van der Waals surface area contributed by atoms with Gasteiger partial charge in [-0.3, -0.25) is 9.59 Å². The Morgan fingerprint density at radius 3 is 2.41 bits per heavy atom. The van der Waals surface area contributed by atoms with E-state index in [9.17, 15) is 9.59 Å². The van der Waals surface area contributed by atoms with E-state index in [-0.39, 0.29) is 36.7 Å². The lowest BCUT2D eigenvalue weighted by Crippen LogP contribution is -2.44. The maximum Gasteiger partial charge on any atom is 0.241 e. The molecule has 1 atom stereocenters. The fourth-order valence-electron chi connectivity index (χ4n) is 1.80. The van der Waals surface area contributed by atoms with E-state index in [1.807, 2.05) is 0 Å². The molecule has 17 heavy (non-hydrogen) atoms. The van der Waals surface area contributed by atoms with E-state index >= 15 is 0 Å². The zero-order valence-electron chi connectivity index (χ0n) is 10.7. The minimum Gasteiger partial charge on any atom is -0.347 e. The second-order valence-electron chi connectivity index (χ2n) is 4.53. The predicted octanol–water partition coefficient (Wildman–Crippen LogP) is -0.0456. The van der Waals surface area contributed by atoms with Crippen molar-refractivity contribution in [2.24, 2.45) is 5.92 Å². The molecule has 1 N–H and O–H groups in total. The first-order valence-electron chi connectivity index (χ1n) is 5.68. The summed E-state index contributed by atoms with van der Waals surface area (Å²) in [6, 6.07) is 0. The second-order valence-corrected chi connectivity index (χ2v) is 4.53. The summed E-state index contributed by atoms with van der Waals surface area (Å²) in [4.78, 5) is 26.5. The molecule has 100 valence electrons. The molecule has 5 nitrogen and oxygen atoms in total. The summed E-state index contributed by atoms with van der Waals surface area (Å²) in [6.45, 7) is 1.89. The Labute approximate surface area is 109 Å². The van der Waals surface area contributed by atoms with Gasteiger partial charge in [-0.2, -0.15) is 0 Å². The number of hydrogen-bond acceptors (Lipinski definition) is 3. The smallest absolute Gasteiger partial charge is 0.241 e. The molecule has 6 heteroatoms. The van der Waals surface area contributed by atoms with Gasteiger partial charge >= 0.3 is 0 Å². The van der Waals surface area contributed by atoms with Crippen LogP contribution in [0.3, 0.4) is 0 Å². The van der Waals surface area contributed by atoms with Crippen LogP contribution in [0.15, 0.2) is 0 Å². The van der Waals surface area contributed by atoms with Gasteiger partial charge in [-0.1, -0.05) is 0 Å². The van der Waals surface area contributed by atoms with Gasteiger partial charge in [0.05, 0.1) is 12.5 Å². The van der Waals surface area contributed by atoms with Crippen molar-refractivity contribution in [2.75, 3.05) is 40.8 Å². The monoisotopic (exact) mass is 263 g/mol. The Hall–Kier alpha value is -0.810. The van der Waals surface area contributed by atoms with E-state index in [1.165, 1.54) is 9.80 Å². The number of piperidine rings is 1. The quantitative estimate of drug-likeness (QED) is 0.777. The lowest BCUT2D eigenvalue weighted by atomic mass is 9.98. The molecule has 0 unspecified atom stereocenters. The van der Waals surface area contributed by atoms with Gasteiger partial charge in [-0.15, -0.1) is 12.4 Å². The largest absolute Gasteiger partial charge is 0.347 e. The van der Waals surface area contributed by atoms with Crippen molar-refractivity contribution in [3.05, 3.63) is 0 Å². The molecule has 1 rings (SSSR count). The molecule has 2 amide bonds. The molecule has 0 aromatic rings. The van der Waals surface area contributed by atoms with E-state index in [1.54, 1.807) is 21.1 Å². The summed E-state index contributed by atoms with van der Waals surface area (Å²) in [5.74, 6) is 0.0655. The normalized spacial score (nSPS) is 19.1. The molecule has 0 spiro atoms. The van der Waals surface area contributed by atoms with Gasteiger partial charge in [-0.25, -0.2) is 0 Å². The number of hydrogen-bond donors (Lipinski definition) is 1. The van der Waals surface area contributed by atoms with Crippen molar-refractivity contribution >= 4 is 24.2 Å². The zero-order chi connectivity index (χ0) is 12.1. The molecule has 0 aromatic heterocycles. The minimum absolute atomic E-state index is 0. The third-order valence-corrected chi connectivity index (χ3v) is 2.89. The molecule has 1 aliphatic rings. The van der Waals surface area contributed by atoms with Crippen molar-refractivity contribution in [3.8, 4) is 0 Å². The maximum atomic E-state index is 12.0. The molecular weight excluding hydrogens is 242 g/mol. The highest BCUT2D eigenvalue weighted by atomic mass is 35.5. The van der Waals surface area contributed by atoms with Gasteiger partial charge < -0.3 is 15.1 Å². The summed E-state index contributed by atoms with van der Waals surface area (Å²) in [5.41, 5.74) is 0. The molecule has 0 radical (unpaired) electrons. The first kappa shape index (κ1) is 16.2. The number of carbonyl (C=O) groups is 2. The highest BCUT2D eigenvalue weighted by molar-refractivity contribution is 5.86. The van der Waals surface area contributed by atoms with Crippen LogP contribution < -0.4 is 5.32 Å². The fourth-order valence-corrected chi connectivity index (χ4v) is 1.80. The molecule has 1 saturated heterocycles. The first-order valence-corrected chi connectivity index (χ1v) is 5.68. The molecule has 0 aromatic carbocycles. The molecule has 0 aliphatic carbocycles. The van der Waals surface area contributed by atoms with Crippen LogP contribution in [-0.2, 0) is 9.59 Å². The third-order valence-electron chi connectivity index (χ3n) is 2.89. The van der Waals surface area contributed by atoms with E-state index < -0.39 is 0 Å². The molecule has 1 aliphatic heterocycles. The van der Waals surface area contributed by atoms with Crippen LogP contribution in [0.2, 0.25) is 0 Å². The van der Waals surface area contributed by atoms with Crippen LogP contribution in [0.4, 0.5) is 0 Å². The Bertz CT molecular complexity index is 265. The van der Waals surface area contributed by atoms with Gasteiger partial charge in [0.25, 0.3) is 0 Å². The summed E-state index contributed by atoms with van der Waals surface area (Å²) in [6.07, 6.45) is 1.96. The van der Waals surface area contributed by atoms with Crippen molar-refractivity contribution in [1.82, 2.24) is 15.1 Å². The third kappa shape index (κ3) is 4.91. The standard InChI is InChI=1S/C11H21N3O2.ClH/c1-13(2)10(15)8-14(3)11(16)9-5-4-6-12-7-9;/h9,12H,4-8H2,1-3H3;1H/t9-;/m1./s1. The fraction of sp³-hybridized carbons (Fsp3) is 0.818. The SMILES string of the molecule is CN(C)C(=O)CN(C)C(=O)[C@@H]1CCCNC1.Cl. The molecular formula is C11H22ClN3O2. The average molecular weight is 264 g/mol. The number of rotatable bonds is 3. The topological polar surface area (TPSA) is 52.7 Å².